The molecule has 0 saturated heterocycles. The lowest BCUT2D eigenvalue weighted by Gasteiger charge is -2.21. The van der Waals surface area contributed by atoms with Crippen molar-refractivity contribution in [2.45, 2.75) is 19.5 Å². The molecule has 0 aromatic heterocycles. The molecule has 0 radical (unpaired) electrons. The number of hydrogen-bond donors (Lipinski definition) is 2. The van der Waals surface area contributed by atoms with Crippen LogP contribution >= 0.6 is 0 Å². The summed E-state index contributed by atoms with van der Waals surface area (Å²) >= 11 is 0. The SMILES string of the molecule is Cc1cc2c3c(c1)C(c1ccccc1)=N[C@@H](NC(=O)c1ccccc1N)C(=O)N3CC2. The minimum Gasteiger partial charge on any atom is -0.398 e. The number of hydrogen-bond acceptors (Lipinski definition) is 4. The van der Waals surface area contributed by atoms with Crippen LogP contribution in [0.1, 0.15) is 32.6 Å². The molecule has 0 fully saturated rings. The quantitative estimate of drug-likeness (QED) is 0.651. The van der Waals surface area contributed by atoms with Gasteiger partial charge < -0.3 is 16.0 Å². The van der Waals surface area contributed by atoms with Gasteiger partial charge in [0.1, 0.15) is 0 Å². The third kappa shape index (κ3) is 3.26. The average molecular weight is 410 g/mol. The molecule has 5 rings (SSSR count). The van der Waals surface area contributed by atoms with Gasteiger partial charge in [-0.25, -0.2) is 4.99 Å². The molecule has 2 aliphatic rings. The van der Waals surface area contributed by atoms with Crippen molar-refractivity contribution >= 4 is 28.9 Å². The topological polar surface area (TPSA) is 87.8 Å². The van der Waals surface area contributed by atoms with Gasteiger partial charge in [0.05, 0.1) is 17.0 Å². The number of aryl methyl sites for hydroxylation is 1. The van der Waals surface area contributed by atoms with Gasteiger partial charge in [-0.05, 0) is 37.1 Å². The van der Waals surface area contributed by atoms with Crippen LogP contribution in [-0.2, 0) is 11.2 Å². The van der Waals surface area contributed by atoms with E-state index in [4.69, 9.17) is 10.7 Å². The highest BCUT2D eigenvalue weighted by atomic mass is 16.2. The molecule has 3 aromatic carbocycles. The van der Waals surface area contributed by atoms with Gasteiger partial charge in [0, 0.05) is 23.4 Å². The van der Waals surface area contributed by atoms with Crippen LogP contribution in [-0.4, -0.2) is 30.2 Å². The van der Waals surface area contributed by atoms with Crippen molar-refractivity contribution in [3.8, 4) is 0 Å². The number of carbonyl (C=O) groups is 2. The van der Waals surface area contributed by atoms with Crippen molar-refractivity contribution in [3.05, 3.63) is 94.5 Å². The van der Waals surface area contributed by atoms with E-state index in [0.717, 1.165) is 34.4 Å². The van der Waals surface area contributed by atoms with Crippen LogP contribution in [0.5, 0.6) is 0 Å². The molecule has 0 spiro atoms. The van der Waals surface area contributed by atoms with Gasteiger partial charge >= 0.3 is 0 Å². The molecule has 0 unspecified atom stereocenters. The van der Waals surface area contributed by atoms with Crippen LogP contribution in [0.4, 0.5) is 11.4 Å². The third-order valence-electron chi connectivity index (χ3n) is 5.74. The summed E-state index contributed by atoms with van der Waals surface area (Å²) in [7, 11) is 0. The Morgan fingerprint density at radius 2 is 1.84 bits per heavy atom. The van der Waals surface area contributed by atoms with Crippen LogP contribution < -0.4 is 16.0 Å². The van der Waals surface area contributed by atoms with Gasteiger partial charge in [-0.15, -0.1) is 0 Å². The van der Waals surface area contributed by atoms with Crippen molar-refractivity contribution in [3.63, 3.8) is 0 Å². The number of anilines is 2. The Bertz CT molecular complexity index is 1230. The molecule has 31 heavy (non-hydrogen) atoms. The van der Waals surface area contributed by atoms with Crippen LogP contribution in [0.25, 0.3) is 0 Å². The maximum atomic E-state index is 13.5. The lowest BCUT2D eigenvalue weighted by Crippen LogP contribution is -2.47. The number of nitrogens with one attached hydrogen (secondary N) is 1. The maximum Gasteiger partial charge on any atom is 0.272 e. The van der Waals surface area contributed by atoms with E-state index in [2.05, 4.69) is 17.4 Å². The second kappa shape index (κ2) is 7.40. The molecule has 1 atom stereocenters. The Balaban J connectivity index is 1.64. The summed E-state index contributed by atoms with van der Waals surface area (Å²) in [6, 6.07) is 20.8. The molecular weight excluding hydrogens is 388 g/mol. The molecule has 0 saturated carbocycles. The van der Waals surface area contributed by atoms with E-state index in [-0.39, 0.29) is 5.91 Å². The highest BCUT2D eigenvalue weighted by Gasteiger charge is 2.37. The van der Waals surface area contributed by atoms with E-state index in [1.165, 1.54) is 0 Å². The number of rotatable bonds is 3. The summed E-state index contributed by atoms with van der Waals surface area (Å²) in [5.41, 5.74) is 12.3. The van der Waals surface area contributed by atoms with E-state index < -0.39 is 12.1 Å². The number of nitrogen functional groups attached to an aromatic ring is 1. The summed E-state index contributed by atoms with van der Waals surface area (Å²) in [5, 5.41) is 2.80. The standard InChI is InChI=1S/C25H22N4O2/c1-15-13-17-11-12-29-22(17)19(14-15)21(16-7-3-2-4-8-16)27-23(25(29)31)28-24(30)18-9-5-6-10-20(18)26/h2-10,13-14,23H,11-12,26H2,1H3,(H,28,30)/t23-/m0/s1. The number of nitrogens with zero attached hydrogens (tertiary/aromatic N) is 2. The second-order valence-corrected chi connectivity index (χ2v) is 7.87. The largest absolute Gasteiger partial charge is 0.398 e. The lowest BCUT2D eigenvalue weighted by atomic mass is 9.96. The van der Waals surface area contributed by atoms with E-state index in [1.807, 2.05) is 37.3 Å². The summed E-state index contributed by atoms with van der Waals surface area (Å²) in [6.45, 7) is 2.62. The number of nitrogens with two attached hydrogens (primary N) is 1. The number of carbonyl (C=O) groups excluding carboxylic acids is 2. The zero-order valence-corrected chi connectivity index (χ0v) is 17.1. The van der Waals surface area contributed by atoms with E-state index >= 15 is 0 Å². The van der Waals surface area contributed by atoms with Crippen molar-refractivity contribution in [1.82, 2.24) is 5.32 Å². The zero-order valence-electron chi connectivity index (χ0n) is 17.1. The first-order valence-corrected chi connectivity index (χ1v) is 10.3. The minimum atomic E-state index is -1.04. The van der Waals surface area contributed by atoms with E-state index in [9.17, 15) is 9.59 Å². The van der Waals surface area contributed by atoms with Gasteiger partial charge in [0.15, 0.2) is 0 Å². The van der Waals surface area contributed by atoms with Crippen molar-refractivity contribution in [2.75, 3.05) is 17.2 Å². The molecular formula is C25H22N4O2. The smallest absolute Gasteiger partial charge is 0.272 e. The van der Waals surface area contributed by atoms with E-state index in [0.29, 0.717) is 23.5 Å². The Morgan fingerprint density at radius 1 is 1.10 bits per heavy atom. The van der Waals surface area contributed by atoms with Crippen LogP contribution in [0, 0.1) is 6.92 Å². The number of aliphatic imine (C=N–C) groups is 1. The van der Waals surface area contributed by atoms with Gasteiger partial charge in [-0.3, -0.25) is 9.59 Å². The van der Waals surface area contributed by atoms with Gasteiger partial charge in [0.2, 0.25) is 6.17 Å². The first-order valence-electron chi connectivity index (χ1n) is 10.3. The van der Waals surface area contributed by atoms with Crippen molar-refractivity contribution in [1.29, 1.82) is 0 Å². The fraction of sp³-hybridized carbons (Fsp3) is 0.160. The summed E-state index contributed by atoms with van der Waals surface area (Å²) in [6.07, 6.45) is -0.259. The van der Waals surface area contributed by atoms with Crippen molar-refractivity contribution < 1.29 is 9.59 Å². The molecule has 6 heteroatoms. The molecule has 2 aliphatic heterocycles. The predicted molar refractivity (Wildman–Crippen MR) is 121 cm³/mol. The first kappa shape index (κ1) is 19.1. The molecule has 2 heterocycles. The molecule has 6 nitrogen and oxygen atoms in total. The molecule has 2 amide bonds. The molecule has 0 bridgehead atoms. The molecule has 3 aromatic rings. The van der Waals surface area contributed by atoms with Gasteiger partial charge in [-0.2, -0.15) is 0 Å². The first-order chi connectivity index (χ1) is 15.0. The summed E-state index contributed by atoms with van der Waals surface area (Å²) in [5.74, 6) is -0.660. The lowest BCUT2D eigenvalue weighted by molar-refractivity contribution is -0.120. The fourth-order valence-electron chi connectivity index (χ4n) is 4.34. The number of amides is 2. The Kier molecular flexibility index (Phi) is 4.55. The Hall–Kier alpha value is -3.93. The van der Waals surface area contributed by atoms with Crippen LogP contribution in [0.3, 0.4) is 0 Å². The predicted octanol–water partition coefficient (Wildman–Crippen LogP) is 3.07. The van der Waals surface area contributed by atoms with Crippen LogP contribution in [0.2, 0.25) is 0 Å². The van der Waals surface area contributed by atoms with Gasteiger partial charge in [0.25, 0.3) is 11.8 Å². The Morgan fingerprint density at radius 3 is 2.61 bits per heavy atom. The molecule has 154 valence electrons. The summed E-state index contributed by atoms with van der Waals surface area (Å²) < 4.78 is 0. The highest BCUT2D eigenvalue weighted by molar-refractivity contribution is 6.21. The zero-order chi connectivity index (χ0) is 21.5. The fourth-order valence-corrected chi connectivity index (χ4v) is 4.34. The second-order valence-electron chi connectivity index (χ2n) is 7.87. The molecule has 3 N–H and O–H groups in total. The van der Waals surface area contributed by atoms with Crippen LogP contribution in [0.15, 0.2) is 71.7 Å². The van der Waals surface area contributed by atoms with Gasteiger partial charge in [-0.1, -0.05) is 54.1 Å². The third-order valence-corrected chi connectivity index (χ3v) is 5.74. The highest BCUT2D eigenvalue weighted by Crippen LogP contribution is 2.37. The number of para-hydroxylation sites is 1. The number of benzene rings is 3. The minimum absolute atomic E-state index is 0.238. The molecule has 0 aliphatic carbocycles. The summed E-state index contributed by atoms with van der Waals surface area (Å²) in [4.78, 5) is 32.9. The maximum absolute atomic E-state index is 13.5. The Labute approximate surface area is 180 Å². The average Bonchev–Trinajstić information content (AvgIpc) is 3.15. The van der Waals surface area contributed by atoms with Crippen molar-refractivity contribution in [2.24, 2.45) is 4.99 Å². The normalized spacial score (nSPS) is 17.1. The van der Waals surface area contributed by atoms with E-state index in [1.54, 1.807) is 29.2 Å². The monoisotopic (exact) mass is 410 g/mol.